The van der Waals surface area contributed by atoms with Crippen molar-refractivity contribution in [2.45, 2.75) is 51.1 Å². The Labute approximate surface area is 239 Å². The van der Waals surface area contributed by atoms with Crippen molar-refractivity contribution in [3.8, 4) is 11.1 Å². The number of carbonyl (C=O) groups is 2. The molecule has 6 rings (SSSR count). The van der Waals surface area contributed by atoms with Gasteiger partial charge in [-0.2, -0.15) is 0 Å². The fraction of sp³-hybridized carbons (Fsp3) is 0.258. The molecule has 0 saturated heterocycles. The SMILES string of the molecule is CC(C)n1c(=O)c(-c2cccc(F)c2Cl)cn(CC(=O)Nc2ccc3c(c2)C[C@@]2(C3)C(=O)Cc3ncccc32)c1=O. The van der Waals surface area contributed by atoms with Gasteiger partial charge in [0.15, 0.2) is 0 Å². The summed E-state index contributed by atoms with van der Waals surface area (Å²) in [5, 5.41) is 2.58. The molecule has 0 aliphatic heterocycles. The zero-order valence-corrected chi connectivity index (χ0v) is 23.2. The second kappa shape index (κ2) is 9.92. The van der Waals surface area contributed by atoms with E-state index in [1.807, 2.05) is 24.3 Å². The van der Waals surface area contributed by atoms with Crippen molar-refractivity contribution in [1.29, 1.82) is 0 Å². The topological polar surface area (TPSA) is 103 Å². The lowest BCUT2D eigenvalue weighted by molar-refractivity contribution is -0.122. The van der Waals surface area contributed by atoms with Crippen LogP contribution in [0.2, 0.25) is 5.02 Å². The predicted molar refractivity (Wildman–Crippen MR) is 153 cm³/mol. The van der Waals surface area contributed by atoms with E-state index in [2.05, 4.69) is 10.3 Å². The van der Waals surface area contributed by atoms with Gasteiger partial charge in [0.1, 0.15) is 18.1 Å². The zero-order valence-electron chi connectivity index (χ0n) is 22.4. The molecule has 2 aliphatic rings. The van der Waals surface area contributed by atoms with E-state index in [9.17, 15) is 23.6 Å². The Morgan fingerprint density at radius 2 is 1.85 bits per heavy atom. The monoisotopic (exact) mass is 572 g/mol. The van der Waals surface area contributed by atoms with Crippen molar-refractivity contribution >= 4 is 29.0 Å². The molecule has 0 radical (unpaired) electrons. The molecular weight excluding hydrogens is 547 g/mol. The molecule has 0 saturated carbocycles. The van der Waals surface area contributed by atoms with Gasteiger partial charge in [0.25, 0.3) is 5.56 Å². The van der Waals surface area contributed by atoms with Crippen LogP contribution < -0.4 is 16.6 Å². The minimum atomic E-state index is -0.701. The lowest BCUT2D eigenvalue weighted by Crippen LogP contribution is -2.42. The Kier molecular flexibility index (Phi) is 6.49. The van der Waals surface area contributed by atoms with Gasteiger partial charge < -0.3 is 5.32 Å². The number of hydrogen-bond acceptors (Lipinski definition) is 5. The first-order valence-corrected chi connectivity index (χ1v) is 13.7. The molecule has 8 nitrogen and oxygen atoms in total. The molecule has 1 atom stereocenters. The smallest absolute Gasteiger partial charge is 0.325 e. The van der Waals surface area contributed by atoms with E-state index in [1.165, 1.54) is 24.4 Å². The largest absolute Gasteiger partial charge is 0.331 e. The first-order chi connectivity index (χ1) is 19.6. The summed E-state index contributed by atoms with van der Waals surface area (Å²) in [4.78, 5) is 57.0. The third-order valence-electron chi connectivity index (χ3n) is 8.00. The van der Waals surface area contributed by atoms with E-state index in [-0.39, 0.29) is 28.5 Å². The third-order valence-corrected chi connectivity index (χ3v) is 8.38. The quantitative estimate of drug-likeness (QED) is 0.385. The van der Waals surface area contributed by atoms with Gasteiger partial charge in [-0.1, -0.05) is 35.9 Å². The fourth-order valence-corrected chi connectivity index (χ4v) is 6.30. The molecule has 4 aromatic rings. The molecule has 2 aromatic carbocycles. The fourth-order valence-electron chi connectivity index (χ4n) is 6.07. The molecular formula is C31H26ClFN4O4. The van der Waals surface area contributed by atoms with Crippen molar-refractivity contribution < 1.29 is 14.0 Å². The Morgan fingerprint density at radius 3 is 2.63 bits per heavy atom. The highest BCUT2D eigenvalue weighted by molar-refractivity contribution is 6.33. The first kappa shape index (κ1) is 26.8. The molecule has 0 bridgehead atoms. The second-order valence-electron chi connectivity index (χ2n) is 10.9. The lowest BCUT2D eigenvalue weighted by atomic mass is 9.78. The van der Waals surface area contributed by atoms with E-state index < -0.39 is 34.4 Å². The number of pyridine rings is 1. The number of nitrogens with zero attached hydrogens (tertiary/aromatic N) is 3. The molecule has 1 spiro atoms. The minimum Gasteiger partial charge on any atom is -0.325 e. The molecule has 0 fully saturated rings. The molecule has 1 N–H and O–H groups in total. The van der Waals surface area contributed by atoms with Crippen LogP contribution in [0.15, 0.2) is 70.5 Å². The van der Waals surface area contributed by atoms with Crippen molar-refractivity contribution in [2.24, 2.45) is 0 Å². The van der Waals surface area contributed by atoms with Gasteiger partial charge in [-0.25, -0.2) is 9.18 Å². The number of ketones is 1. The van der Waals surface area contributed by atoms with Crippen LogP contribution in [0.25, 0.3) is 11.1 Å². The van der Waals surface area contributed by atoms with Gasteiger partial charge in [-0.15, -0.1) is 0 Å². The van der Waals surface area contributed by atoms with E-state index in [4.69, 9.17) is 11.6 Å². The highest BCUT2D eigenvalue weighted by Gasteiger charge is 2.50. The van der Waals surface area contributed by atoms with Crippen LogP contribution in [0.5, 0.6) is 0 Å². The number of halogens is 2. The minimum absolute atomic E-state index is 0.00873. The number of benzene rings is 2. The van der Waals surface area contributed by atoms with Crippen LogP contribution in [-0.2, 0) is 40.8 Å². The maximum atomic E-state index is 14.2. The summed E-state index contributed by atoms with van der Waals surface area (Å²) < 4.78 is 16.3. The summed E-state index contributed by atoms with van der Waals surface area (Å²) in [6.45, 7) is 2.96. The van der Waals surface area contributed by atoms with Crippen molar-refractivity contribution in [3.05, 3.63) is 115 Å². The molecule has 0 unspecified atom stereocenters. The van der Waals surface area contributed by atoms with Gasteiger partial charge in [0.2, 0.25) is 5.91 Å². The average molecular weight is 573 g/mol. The molecule has 2 heterocycles. The first-order valence-electron chi connectivity index (χ1n) is 13.3. The van der Waals surface area contributed by atoms with Crippen molar-refractivity contribution in [2.75, 3.05) is 5.32 Å². The summed E-state index contributed by atoms with van der Waals surface area (Å²) in [7, 11) is 0. The number of amides is 1. The number of fused-ring (bicyclic) bond motifs is 3. The Balaban J connectivity index is 1.28. The third kappa shape index (κ3) is 4.41. The number of nitrogens with one attached hydrogen (secondary N) is 1. The van der Waals surface area contributed by atoms with Crippen LogP contribution >= 0.6 is 11.6 Å². The molecule has 10 heteroatoms. The zero-order chi connectivity index (χ0) is 29.1. The van der Waals surface area contributed by atoms with Crippen molar-refractivity contribution in [1.82, 2.24) is 14.1 Å². The van der Waals surface area contributed by atoms with Crippen LogP contribution in [0.1, 0.15) is 42.3 Å². The number of rotatable bonds is 5. The number of anilines is 1. The highest BCUT2D eigenvalue weighted by Crippen LogP contribution is 2.46. The Morgan fingerprint density at radius 1 is 1.07 bits per heavy atom. The maximum Gasteiger partial charge on any atom is 0.331 e. The summed E-state index contributed by atoms with van der Waals surface area (Å²) in [5.74, 6) is -1.04. The summed E-state index contributed by atoms with van der Waals surface area (Å²) >= 11 is 6.15. The van der Waals surface area contributed by atoms with Crippen LogP contribution in [-0.4, -0.2) is 25.8 Å². The van der Waals surface area contributed by atoms with E-state index >= 15 is 0 Å². The molecule has 208 valence electrons. The Bertz CT molecular complexity index is 1880. The maximum absolute atomic E-state index is 14.2. The lowest BCUT2D eigenvalue weighted by Gasteiger charge is -2.22. The molecule has 2 aliphatic carbocycles. The predicted octanol–water partition coefficient (Wildman–Crippen LogP) is 4.25. The molecule has 41 heavy (non-hydrogen) atoms. The van der Waals surface area contributed by atoms with E-state index in [0.717, 1.165) is 31.5 Å². The van der Waals surface area contributed by atoms with Crippen LogP contribution in [0, 0.1) is 5.82 Å². The van der Waals surface area contributed by atoms with Gasteiger partial charge in [-0.05, 0) is 67.6 Å². The number of Topliss-reactive ketones (excluding diaryl/α,β-unsaturated/α-hetero) is 1. The van der Waals surface area contributed by atoms with Gasteiger partial charge in [0.05, 0.1) is 21.7 Å². The summed E-state index contributed by atoms with van der Waals surface area (Å²) in [6.07, 6.45) is 4.39. The van der Waals surface area contributed by atoms with Gasteiger partial charge in [-0.3, -0.25) is 28.5 Å². The average Bonchev–Trinajstić information content (AvgIpc) is 3.44. The standard InChI is InChI=1S/C31H26ClFN4O4/c1-17(2)37-29(40)22(21-5-3-7-24(33)28(21)32)15-36(30(37)41)16-27(39)35-20-9-8-18-13-31(14-19(18)11-20)23-6-4-10-34-25(23)12-26(31)38/h3-11,15,17H,12-14,16H2,1-2H3,(H,35,39)/t31-/m1/s1. The van der Waals surface area contributed by atoms with Gasteiger partial charge in [0, 0.05) is 36.1 Å². The van der Waals surface area contributed by atoms with E-state index in [1.54, 1.807) is 26.1 Å². The normalized spacial score (nSPS) is 17.2. The number of hydrogen-bond donors (Lipinski definition) is 1. The summed E-state index contributed by atoms with van der Waals surface area (Å²) in [5.41, 5.74) is 2.57. The van der Waals surface area contributed by atoms with Crippen LogP contribution in [0.3, 0.4) is 0 Å². The molecule has 1 amide bonds. The van der Waals surface area contributed by atoms with Gasteiger partial charge >= 0.3 is 5.69 Å². The molecule has 2 aromatic heterocycles. The number of carbonyl (C=O) groups excluding carboxylic acids is 2. The number of aromatic nitrogens is 3. The van der Waals surface area contributed by atoms with E-state index in [0.29, 0.717) is 24.9 Å². The van der Waals surface area contributed by atoms with Crippen molar-refractivity contribution in [3.63, 3.8) is 0 Å². The summed E-state index contributed by atoms with van der Waals surface area (Å²) in [6, 6.07) is 12.9. The highest BCUT2D eigenvalue weighted by atomic mass is 35.5. The Hall–Kier alpha value is -4.37. The second-order valence-corrected chi connectivity index (χ2v) is 11.3. The van der Waals surface area contributed by atoms with Crippen LogP contribution in [0.4, 0.5) is 10.1 Å².